The number of methoxy groups -OCH3 is 1. The maximum atomic E-state index is 11.8. The summed E-state index contributed by atoms with van der Waals surface area (Å²) >= 11 is 0. The minimum atomic E-state index is -0.315. The van der Waals surface area contributed by atoms with E-state index in [2.05, 4.69) is 10.1 Å². The van der Waals surface area contributed by atoms with Crippen LogP contribution in [0.25, 0.3) is 0 Å². The summed E-state index contributed by atoms with van der Waals surface area (Å²) < 4.78 is 4.64. The minimum absolute atomic E-state index is 0.149. The van der Waals surface area contributed by atoms with E-state index in [9.17, 15) is 9.59 Å². The lowest BCUT2D eigenvalue weighted by Gasteiger charge is -2.33. The van der Waals surface area contributed by atoms with Crippen LogP contribution in [0.2, 0.25) is 0 Å². The van der Waals surface area contributed by atoms with Crippen molar-refractivity contribution in [3.8, 4) is 0 Å². The number of nitrogens with zero attached hydrogens (tertiary/aromatic N) is 2. The average Bonchev–Trinajstić information content (AvgIpc) is 2.38. The van der Waals surface area contributed by atoms with Crippen molar-refractivity contribution in [1.29, 1.82) is 0 Å². The number of nitrogens with one attached hydrogen (secondary N) is 1. The Morgan fingerprint density at radius 2 is 1.76 bits per heavy atom. The number of hydrogen-bond donors (Lipinski definition) is 1. The summed E-state index contributed by atoms with van der Waals surface area (Å²) in [6.45, 7) is 5.91. The van der Waals surface area contributed by atoms with Gasteiger partial charge in [0, 0.05) is 39.1 Å². The highest BCUT2D eigenvalue weighted by Crippen LogP contribution is 2.04. The first-order valence-electron chi connectivity index (χ1n) is 6.00. The molecule has 0 aromatic rings. The number of piperazine rings is 1. The van der Waals surface area contributed by atoms with E-state index < -0.39 is 0 Å². The average molecular weight is 243 g/mol. The molecule has 98 valence electrons. The standard InChI is InChI=1S/C11H21N3O3/c1-3-12-5-4-10(15)13-6-8-14(9-7-13)11(16)17-2/h12H,3-9H2,1-2H3. The van der Waals surface area contributed by atoms with E-state index in [1.807, 2.05) is 6.92 Å². The zero-order valence-electron chi connectivity index (χ0n) is 10.6. The van der Waals surface area contributed by atoms with Gasteiger partial charge in [-0.1, -0.05) is 6.92 Å². The quantitative estimate of drug-likeness (QED) is 0.700. The highest BCUT2D eigenvalue weighted by atomic mass is 16.5. The SMILES string of the molecule is CCNCCC(=O)N1CCN(C(=O)OC)CC1. The van der Waals surface area contributed by atoms with Gasteiger partial charge in [0.05, 0.1) is 7.11 Å². The molecule has 1 fully saturated rings. The molecule has 1 heterocycles. The van der Waals surface area contributed by atoms with E-state index >= 15 is 0 Å². The topological polar surface area (TPSA) is 61.9 Å². The molecule has 1 rings (SSSR count). The third-order valence-corrected chi connectivity index (χ3v) is 2.83. The summed E-state index contributed by atoms with van der Waals surface area (Å²) in [5.74, 6) is 0.149. The van der Waals surface area contributed by atoms with Crippen molar-refractivity contribution in [3.63, 3.8) is 0 Å². The first-order valence-corrected chi connectivity index (χ1v) is 6.00. The summed E-state index contributed by atoms with van der Waals surface area (Å²) in [7, 11) is 1.37. The molecule has 0 aliphatic carbocycles. The Labute approximate surface area is 102 Å². The Morgan fingerprint density at radius 1 is 1.18 bits per heavy atom. The molecule has 1 saturated heterocycles. The van der Waals surface area contributed by atoms with E-state index in [1.54, 1.807) is 9.80 Å². The molecule has 0 aromatic heterocycles. The van der Waals surface area contributed by atoms with Gasteiger partial charge in [-0.3, -0.25) is 4.79 Å². The first-order chi connectivity index (χ1) is 8.19. The van der Waals surface area contributed by atoms with Gasteiger partial charge in [0.2, 0.25) is 5.91 Å². The van der Waals surface area contributed by atoms with E-state index in [0.717, 1.165) is 6.54 Å². The number of ether oxygens (including phenoxy) is 1. The first kappa shape index (κ1) is 13.8. The molecule has 17 heavy (non-hydrogen) atoms. The Morgan fingerprint density at radius 3 is 2.29 bits per heavy atom. The van der Waals surface area contributed by atoms with Crippen LogP contribution in [0.3, 0.4) is 0 Å². The second kappa shape index (κ2) is 7.11. The molecular weight excluding hydrogens is 222 g/mol. The van der Waals surface area contributed by atoms with Gasteiger partial charge in [-0.05, 0) is 6.54 Å². The van der Waals surface area contributed by atoms with Crippen LogP contribution in [-0.2, 0) is 9.53 Å². The maximum absolute atomic E-state index is 11.8. The Balaban J connectivity index is 2.26. The second-order valence-electron chi connectivity index (χ2n) is 3.94. The summed E-state index contributed by atoms with van der Waals surface area (Å²) in [6, 6.07) is 0. The number of hydrogen-bond acceptors (Lipinski definition) is 4. The van der Waals surface area contributed by atoms with Crippen LogP contribution < -0.4 is 5.32 Å². The van der Waals surface area contributed by atoms with Crippen molar-refractivity contribution in [2.45, 2.75) is 13.3 Å². The lowest BCUT2D eigenvalue weighted by atomic mass is 10.3. The third kappa shape index (κ3) is 4.22. The number of carbonyl (C=O) groups excluding carboxylic acids is 2. The van der Waals surface area contributed by atoms with E-state index in [-0.39, 0.29) is 12.0 Å². The van der Waals surface area contributed by atoms with Crippen LogP contribution in [0.5, 0.6) is 0 Å². The minimum Gasteiger partial charge on any atom is -0.453 e. The van der Waals surface area contributed by atoms with Crippen molar-refractivity contribution < 1.29 is 14.3 Å². The van der Waals surface area contributed by atoms with Crippen molar-refractivity contribution >= 4 is 12.0 Å². The fourth-order valence-corrected chi connectivity index (χ4v) is 1.80. The predicted molar refractivity (Wildman–Crippen MR) is 63.7 cm³/mol. The Hall–Kier alpha value is -1.30. The summed E-state index contributed by atoms with van der Waals surface area (Å²) in [6.07, 6.45) is 0.205. The Kier molecular flexibility index (Phi) is 5.76. The van der Waals surface area contributed by atoms with Gasteiger partial charge in [0.1, 0.15) is 0 Å². The molecule has 1 aliphatic rings. The molecule has 0 bridgehead atoms. The van der Waals surface area contributed by atoms with Gasteiger partial charge < -0.3 is 19.9 Å². The van der Waals surface area contributed by atoms with Crippen molar-refractivity contribution in [2.24, 2.45) is 0 Å². The molecule has 2 amide bonds. The number of rotatable bonds is 4. The molecule has 0 aromatic carbocycles. The van der Waals surface area contributed by atoms with E-state index in [0.29, 0.717) is 39.1 Å². The molecule has 6 heteroatoms. The van der Waals surface area contributed by atoms with E-state index in [4.69, 9.17) is 0 Å². The zero-order chi connectivity index (χ0) is 12.7. The normalized spacial score (nSPS) is 15.9. The molecule has 0 atom stereocenters. The zero-order valence-corrected chi connectivity index (χ0v) is 10.6. The molecule has 0 saturated carbocycles. The van der Waals surface area contributed by atoms with Gasteiger partial charge in [-0.2, -0.15) is 0 Å². The predicted octanol–water partition coefficient (Wildman–Crippen LogP) is -0.103. The molecule has 0 radical (unpaired) electrons. The smallest absolute Gasteiger partial charge is 0.409 e. The lowest BCUT2D eigenvalue weighted by Crippen LogP contribution is -2.50. The van der Waals surface area contributed by atoms with Gasteiger partial charge >= 0.3 is 6.09 Å². The number of carbonyl (C=O) groups is 2. The highest BCUT2D eigenvalue weighted by molar-refractivity contribution is 5.77. The van der Waals surface area contributed by atoms with Gasteiger partial charge in [-0.25, -0.2) is 4.79 Å². The van der Waals surface area contributed by atoms with Gasteiger partial charge in [0.25, 0.3) is 0 Å². The van der Waals surface area contributed by atoms with Crippen LogP contribution in [0, 0.1) is 0 Å². The van der Waals surface area contributed by atoms with E-state index in [1.165, 1.54) is 7.11 Å². The van der Waals surface area contributed by atoms with Gasteiger partial charge in [0.15, 0.2) is 0 Å². The van der Waals surface area contributed by atoms with Gasteiger partial charge in [-0.15, -0.1) is 0 Å². The monoisotopic (exact) mass is 243 g/mol. The highest BCUT2D eigenvalue weighted by Gasteiger charge is 2.23. The maximum Gasteiger partial charge on any atom is 0.409 e. The summed E-state index contributed by atoms with van der Waals surface area (Å²) in [5.41, 5.74) is 0. The van der Waals surface area contributed by atoms with Crippen LogP contribution in [0.1, 0.15) is 13.3 Å². The molecule has 1 N–H and O–H groups in total. The van der Waals surface area contributed by atoms with Crippen molar-refractivity contribution in [2.75, 3.05) is 46.4 Å². The molecule has 0 spiro atoms. The molecular formula is C11H21N3O3. The molecule has 0 unspecified atom stereocenters. The molecule has 1 aliphatic heterocycles. The number of amides is 2. The fraction of sp³-hybridized carbons (Fsp3) is 0.818. The van der Waals surface area contributed by atoms with Crippen LogP contribution in [0.15, 0.2) is 0 Å². The third-order valence-electron chi connectivity index (χ3n) is 2.83. The summed E-state index contributed by atoms with van der Waals surface area (Å²) in [4.78, 5) is 26.4. The molecule has 6 nitrogen and oxygen atoms in total. The lowest BCUT2D eigenvalue weighted by molar-refractivity contribution is -0.132. The van der Waals surface area contributed by atoms with Crippen LogP contribution in [-0.4, -0.2) is 68.2 Å². The van der Waals surface area contributed by atoms with Crippen molar-refractivity contribution in [1.82, 2.24) is 15.1 Å². The van der Waals surface area contributed by atoms with Crippen molar-refractivity contribution in [3.05, 3.63) is 0 Å². The van der Waals surface area contributed by atoms with Crippen LogP contribution in [0.4, 0.5) is 4.79 Å². The Bertz CT molecular complexity index is 263. The summed E-state index contributed by atoms with van der Waals surface area (Å²) in [5, 5.41) is 3.12. The fourth-order valence-electron chi connectivity index (χ4n) is 1.80. The second-order valence-corrected chi connectivity index (χ2v) is 3.94. The largest absolute Gasteiger partial charge is 0.453 e. The van der Waals surface area contributed by atoms with Crippen LogP contribution >= 0.6 is 0 Å².